The lowest BCUT2D eigenvalue weighted by molar-refractivity contribution is -0.122. The number of nitrogens with zero attached hydrogens (tertiary/aromatic N) is 1. The summed E-state index contributed by atoms with van der Waals surface area (Å²) in [5, 5.41) is 2.59. The molecule has 1 N–H and O–H groups in total. The Labute approximate surface area is 168 Å². The number of hydrogen-bond donors (Lipinski definition) is 1. The Morgan fingerprint density at radius 3 is 2.59 bits per heavy atom. The lowest BCUT2D eigenvalue weighted by Crippen LogP contribution is -2.33. The van der Waals surface area contributed by atoms with Gasteiger partial charge in [0, 0.05) is 4.47 Å². The van der Waals surface area contributed by atoms with Gasteiger partial charge in [-0.3, -0.25) is 14.5 Å². The molecule has 0 unspecified atom stereocenters. The summed E-state index contributed by atoms with van der Waals surface area (Å²) in [7, 11) is 1.29. The Morgan fingerprint density at radius 2 is 1.89 bits per heavy atom. The fourth-order valence-corrected chi connectivity index (χ4v) is 3.54. The zero-order valence-electron chi connectivity index (χ0n) is 14.3. The van der Waals surface area contributed by atoms with E-state index in [1.807, 2.05) is 24.3 Å². The van der Waals surface area contributed by atoms with Gasteiger partial charge in [-0.1, -0.05) is 40.2 Å². The van der Waals surface area contributed by atoms with Crippen LogP contribution in [-0.2, 0) is 9.53 Å². The number of ether oxygens (including phenoxy) is 1. The normalized spacial score (nSPS) is 15.3. The van der Waals surface area contributed by atoms with Crippen LogP contribution >= 0.6 is 27.7 Å². The Kier molecular flexibility index (Phi) is 5.98. The number of methoxy groups -OCH3 is 1. The molecular weight excluding hydrogens is 432 g/mol. The minimum atomic E-state index is -0.498. The van der Waals surface area contributed by atoms with E-state index in [-0.39, 0.29) is 17.8 Å². The smallest absolute Gasteiger partial charge is 0.339 e. The highest BCUT2D eigenvalue weighted by molar-refractivity contribution is 9.10. The number of benzene rings is 2. The van der Waals surface area contributed by atoms with Gasteiger partial charge in [0.05, 0.1) is 29.9 Å². The van der Waals surface area contributed by atoms with E-state index < -0.39 is 5.97 Å². The highest BCUT2D eigenvalue weighted by atomic mass is 79.9. The molecule has 27 heavy (non-hydrogen) atoms. The molecule has 3 rings (SSSR count). The van der Waals surface area contributed by atoms with E-state index in [0.717, 1.165) is 26.7 Å². The van der Waals surface area contributed by atoms with Crippen molar-refractivity contribution in [2.45, 2.75) is 0 Å². The van der Waals surface area contributed by atoms with Crippen molar-refractivity contribution in [2.75, 3.05) is 19.1 Å². The number of para-hydroxylation sites is 1. The Bertz CT molecular complexity index is 928. The molecule has 138 valence electrons. The summed E-state index contributed by atoms with van der Waals surface area (Å²) >= 11 is 4.24. The van der Waals surface area contributed by atoms with Crippen LogP contribution in [0.2, 0.25) is 0 Å². The number of imide groups is 1. The SMILES string of the molecule is COC(=O)c1ccccc1NCN1C(=O)S/C(=C\c2ccc(Br)cc2)C1=O. The third kappa shape index (κ3) is 4.40. The van der Waals surface area contributed by atoms with Crippen molar-refractivity contribution in [3.8, 4) is 0 Å². The first kappa shape index (κ1) is 19.2. The maximum atomic E-state index is 12.6. The summed E-state index contributed by atoms with van der Waals surface area (Å²) in [6, 6.07) is 14.2. The molecule has 1 saturated heterocycles. The van der Waals surface area contributed by atoms with Crippen LogP contribution in [0.5, 0.6) is 0 Å². The van der Waals surface area contributed by atoms with E-state index in [4.69, 9.17) is 4.74 Å². The second-order valence-corrected chi connectivity index (χ2v) is 7.44. The fraction of sp³-hybridized carbons (Fsp3) is 0.105. The van der Waals surface area contributed by atoms with Crippen molar-refractivity contribution in [3.63, 3.8) is 0 Å². The number of halogens is 1. The number of nitrogens with one attached hydrogen (secondary N) is 1. The number of esters is 1. The largest absolute Gasteiger partial charge is 0.465 e. The standard InChI is InChI=1S/C19H15BrN2O4S/c1-26-18(24)14-4-2-3-5-15(14)21-11-22-17(23)16(27-19(22)25)10-12-6-8-13(20)9-7-12/h2-10,21H,11H2,1H3/b16-10-. The number of anilines is 1. The third-order valence-corrected chi connectivity index (χ3v) is 5.24. The summed E-state index contributed by atoms with van der Waals surface area (Å²) in [4.78, 5) is 38.0. The summed E-state index contributed by atoms with van der Waals surface area (Å²) in [6.45, 7) is -0.0453. The summed E-state index contributed by atoms with van der Waals surface area (Å²) < 4.78 is 5.67. The van der Waals surface area contributed by atoms with Crippen molar-refractivity contribution in [1.82, 2.24) is 4.90 Å². The molecule has 1 aliphatic heterocycles. The molecule has 1 fully saturated rings. The second-order valence-electron chi connectivity index (χ2n) is 5.53. The lowest BCUT2D eigenvalue weighted by Gasteiger charge is -2.16. The first-order chi connectivity index (χ1) is 13.0. The van der Waals surface area contributed by atoms with Gasteiger partial charge in [-0.15, -0.1) is 0 Å². The van der Waals surface area contributed by atoms with Crippen LogP contribution in [0.1, 0.15) is 15.9 Å². The summed E-state index contributed by atoms with van der Waals surface area (Å²) in [5.41, 5.74) is 1.64. The number of carbonyl (C=O) groups excluding carboxylic acids is 3. The average molecular weight is 447 g/mol. The van der Waals surface area contributed by atoms with Crippen molar-refractivity contribution in [2.24, 2.45) is 0 Å². The van der Waals surface area contributed by atoms with Crippen LogP contribution in [0, 0.1) is 0 Å². The summed E-state index contributed by atoms with van der Waals surface area (Å²) in [6.07, 6.45) is 1.68. The highest BCUT2D eigenvalue weighted by Crippen LogP contribution is 2.32. The third-order valence-electron chi connectivity index (χ3n) is 3.80. The predicted octanol–water partition coefficient (Wildman–Crippen LogP) is 4.34. The van der Waals surface area contributed by atoms with Gasteiger partial charge in [0.2, 0.25) is 0 Å². The van der Waals surface area contributed by atoms with E-state index in [2.05, 4.69) is 21.2 Å². The molecule has 0 radical (unpaired) electrons. The van der Waals surface area contributed by atoms with Gasteiger partial charge in [0.1, 0.15) is 0 Å². The van der Waals surface area contributed by atoms with E-state index in [0.29, 0.717) is 16.2 Å². The Hall–Kier alpha value is -2.58. The topological polar surface area (TPSA) is 75.7 Å². The molecule has 0 aliphatic carbocycles. The van der Waals surface area contributed by atoms with Crippen molar-refractivity contribution in [3.05, 3.63) is 69.0 Å². The van der Waals surface area contributed by atoms with Gasteiger partial charge in [-0.05, 0) is 47.7 Å². The van der Waals surface area contributed by atoms with Crippen molar-refractivity contribution < 1.29 is 19.1 Å². The first-order valence-electron chi connectivity index (χ1n) is 7.92. The number of amides is 2. The minimum absolute atomic E-state index is 0.0453. The second kappa shape index (κ2) is 8.41. The number of carbonyl (C=O) groups is 3. The first-order valence-corrected chi connectivity index (χ1v) is 9.52. The molecule has 0 saturated carbocycles. The van der Waals surface area contributed by atoms with Gasteiger partial charge in [-0.25, -0.2) is 4.79 Å². The van der Waals surface area contributed by atoms with Gasteiger partial charge in [0.25, 0.3) is 11.1 Å². The van der Waals surface area contributed by atoms with Gasteiger partial charge >= 0.3 is 5.97 Å². The van der Waals surface area contributed by atoms with Crippen LogP contribution in [0.25, 0.3) is 6.08 Å². The molecule has 1 heterocycles. The van der Waals surface area contributed by atoms with Crippen molar-refractivity contribution >= 4 is 56.6 Å². The zero-order chi connectivity index (χ0) is 19.4. The van der Waals surface area contributed by atoms with Crippen LogP contribution in [0.3, 0.4) is 0 Å². The van der Waals surface area contributed by atoms with E-state index in [1.54, 1.807) is 30.3 Å². The lowest BCUT2D eigenvalue weighted by atomic mass is 10.2. The van der Waals surface area contributed by atoms with Gasteiger partial charge in [-0.2, -0.15) is 0 Å². The number of rotatable bonds is 5. The predicted molar refractivity (Wildman–Crippen MR) is 108 cm³/mol. The molecule has 2 aromatic rings. The molecule has 0 atom stereocenters. The minimum Gasteiger partial charge on any atom is -0.465 e. The van der Waals surface area contributed by atoms with E-state index in [1.165, 1.54) is 7.11 Å². The average Bonchev–Trinajstić information content (AvgIpc) is 2.94. The molecule has 8 heteroatoms. The van der Waals surface area contributed by atoms with Crippen molar-refractivity contribution in [1.29, 1.82) is 0 Å². The maximum absolute atomic E-state index is 12.6. The molecule has 0 aromatic heterocycles. The molecule has 2 aromatic carbocycles. The van der Waals surface area contributed by atoms with Gasteiger partial charge in [0.15, 0.2) is 0 Å². The maximum Gasteiger partial charge on any atom is 0.339 e. The van der Waals surface area contributed by atoms with Crippen LogP contribution in [0.4, 0.5) is 10.5 Å². The number of thioether (sulfide) groups is 1. The number of hydrogen-bond acceptors (Lipinski definition) is 6. The van der Waals surface area contributed by atoms with E-state index >= 15 is 0 Å². The fourth-order valence-electron chi connectivity index (χ4n) is 2.44. The van der Waals surface area contributed by atoms with Gasteiger partial charge < -0.3 is 10.1 Å². The quantitative estimate of drug-likeness (QED) is 0.543. The molecule has 0 bridgehead atoms. The molecule has 1 aliphatic rings. The molecule has 0 spiro atoms. The monoisotopic (exact) mass is 446 g/mol. The highest BCUT2D eigenvalue weighted by Gasteiger charge is 2.35. The summed E-state index contributed by atoms with van der Waals surface area (Å²) in [5.74, 6) is -0.877. The van der Waals surface area contributed by atoms with Crippen LogP contribution in [0.15, 0.2) is 57.9 Å². The Balaban J connectivity index is 1.73. The molecular formula is C19H15BrN2O4S. The molecule has 2 amide bonds. The van der Waals surface area contributed by atoms with E-state index in [9.17, 15) is 14.4 Å². The Morgan fingerprint density at radius 1 is 1.19 bits per heavy atom. The zero-order valence-corrected chi connectivity index (χ0v) is 16.7. The van der Waals surface area contributed by atoms with Crippen LogP contribution < -0.4 is 5.32 Å². The van der Waals surface area contributed by atoms with Crippen LogP contribution in [-0.4, -0.2) is 35.8 Å². The molecule has 6 nitrogen and oxygen atoms in total.